The van der Waals surface area contributed by atoms with Crippen LogP contribution in [0, 0.1) is 5.92 Å². The first-order chi connectivity index (χ1) is 8.72. The van der Waals surface area contributed by atoms with Gasteiger partial charge in [0.2, 0.25) is 0 Å². The fraction of sp³-hybridized carbons (Fsp3) is 0.875. The standard InChI is InChI=1S/C16H30N2/c1-13-14(2)18(12-10-16(13)17-3)11-9-15-7-5-4-6-8-15/h7,13-14,16-17H,4-6,8-12H2,1-3H3. The molecule has 104 valence electrons. The van der Waals surface area contributed by atoms with Gasteiger partial charge in [-0.15, -0.1) is 0 Å². The lowest BCUT2D eigenvalue weighted by atomic mass is 9.86. The van der Waals surface area contributed by atoms with Crippen molar-refractivity contribution >= 4 is 0 Å². The predicted molar refractivity (Wildman–Crippen MR) is 78.8 cm³/mol. The second-order valence-corrected chi connectivity index (χ2v) is 6.18. The van der Waals surface area contributed by atoms with Crippen molar-refractivity contribution in [2.24, 2.45) is 5.92 Å². The summed E-state index contributed by atoms with van der Waals surface area (Å²) in [5.41, 5.74) is 1.72. The second-order valence-electron chi connectivity index (χ2n) is 6.18. The van der Waals surface area contributed by atoms with E-state index < -0.39 is 0 Å². The zero-order valence-electron chi connectivity index (χ0n) is 12.4. The van der Waals surface area contributed by atoms with Crippen molar-refractivity contribution in [1.29, 1.82) is 0 Å². The molecule has 1 fully saturated rings. The fourth-order valence-electron chi connectivity index (χ4n) is 3.58. The minimum atomic E-state index is 0.713. The topological polar surface area (TPSA) is 15.3 Å². The molecule has 3 unspecified atom stereocenters. The summed E-state index contributed by atoms with van der Waals surface area (Å²) < 4.78 is 0. The first kappa shape index (κ1) is 14.1. The number of piperidine rings is 1. The Kier molecular flexibility index (Phi) is 5.25. The average Bonchev–Trinajstić information content (AvgIpc) is 2.42. The molecule has 1 N–H and O–H groups in total. The van der Waals surface area contributed by atoms with Gasteiger partial charge in [-0.25, -0.2) is 0 Å². The van der Waals surface area contributed by atoms with Crippen molar-refractivity contribution in [3.63, 3.8) is 0 Å². The maximum atomic E-state index is 3.47. The van der Waals surface area contributed by atoms with E-state index in [-0.39, 0.29) is 0 Å². The zero-order chi connectivity index (χ0) is 13.0. The molecule has 1 aliphatic carbocycles. The van der Waals surface area contributed by atoms with E-state index in [0.717, 1.165) is 12.0 Å². The van der Waals surface area contributed by atoms with E-state index in [4.69, 9.17) is 0 Å². The largest absolute Gasteiger partial charge is 0.317 e. The lowest BCUT2D eigenvalue weighted by molar-refractivity contribution is 0.0886. The van der Waals surface area contributed by atoms with E-state index in [2.05, 4.69) is 37.2 Å². The Morgan fingerprint density at radius 1 is 1.33 bits per heavy atom. The van der Waals surface area contributed by atoms with Gasteiger partial charge in [-0.05, 0) is 65.0 Å². The summed E-state index contributed by atoms with van der Waals surface area (Å²) in [6.45, 7) is 7.35. The number of likely N-dealkylation sites (tertiary alicyclic amines) is 1. The normalized spacial score (nSPS) is 34.4. The molecule has 0 amide bonds. The van der Waals surface area contributed by atoms with Crippen molar-refractivity contribution in [3.05, 3.63) is 11.6 Å². The first-order valence-corrected chi connectivity index (χ1v) is 7.81. The van der Waals surface area contributed by atoms with Crippen LogP contribution in [0.2, 0.25) is 0 Å². The van der Waals surface area contributed by atoms with Crippen molar-refractivity contribution < 1.29 is 0 Å². The molecule has 0 bridgehead atoms. The summed E-state index contributed by atoms with van der Waals surface area (Å²) in [7, 11) is 2.11. The summed E-state index contributed by atoms with van der Waals surface area (Å²) in [6, 6.07) is 1.44. The van der Waals surface area contributed by atoms with E-state index in [1.807, 2.05) is 0 Å². The molecule has 2 rings (SSSR count). The van der Waals surface area contributed by atoms with Gasteiger partial charge in [-0.3, -0.25) is 4.90 Å². The minimum absolute atomic E-state index is 0.713. The Morgan fingerprint density at radius 3 is 2.83 bits per heavy atom. The molecule has 3 atom stereocenters. The molecule has 1 saturated heterocycles. The lowest BCUT2D eigenvalue weighted by Gasteiger charge is -2.43. The zero-order valence-corrected chi connectivity index (χ0v) is 12.4. The first-order valence-electron chi connectivity index (χ1n) is 7.81. The van der Waals surface area contributed by atoms with Gasteiger partial charge >= 0.3 is 0 Å². The maximum absolute atomic E-state index is 3.47. The highest BCUT2D eigenvalue weighted by Gasteiger charge is 2.31. The third-order valence-corrected chi connectivity index (χ3v) is 5.17. The van der Waals surface area contributed by atoms with Gasteiger partial charge in [0.05, 0.1) is 0 Å². The van der Waals surface area contributed by atoms with Crippen LogP contribution in [0.15, 0.2) is 11.6 Å². The van der Waals surface area contributed by atoms with E-state index in [9.17, 15) is 0 Å². The second kappa shape index (κ2) is 6.72. The van der Waals surface area contributed by atoms with Crippen LogP contribution in [0.5, 0.6) is 0 Å². The fourth-order valence-corrected chi connectivity index (χ4v) is 3.58. The molecular weight excluding hydrogens is 220 g/mol. The van der Waals surface area contributed by atoms with Gasteiger partial charge in [0.25, 0.3) is 0 Å². The van der Waals surface area contributed by atoms with Gasteiger partial charge in [0.1, 0.15) is 0 Å². The summed E-state index contributed by atoms with van der Waals surface area (Å²) in [6.07, 6.45) is 10.6. The Morgan fingerprint density at radius 2 is 2.17 bits per heavy atom. The summed E-state index contributed by atoms with van der Waals surface area (Å²) >= 11 is 0. The van der Waals surface area contributed by atoms with Gasteiger partial charge in [0, 0.05) is 18.6 Å². The highest BCUT2D eigenvalue weighted by Crippen LogP contribution is 2.26. The number of nitrogens with one attached hydrogen (secondary N) is 1. The third-order valence-electron chi connectivity index (χ3n) is 5.17. The molecule has 0 radical (unpaired) electrons. The average molecular weight is 250 g/mol. The molecule has 0 aromatic carbocycles. The predicted octanol–water partition coefficient (Wildman–Crippen LogP) is 3.20. The van der Waals surface area contributed by atoms with E-state index in [0.29, 0.717) is 6.04 Å². The van der Waals surface area contributed by atoms with Crippen LogP contribution in [-0.4, -0.2) is 37.1 Å². The molecule has 0 spiro atoms. The molecule has 1 aliphatic heterocycles. The maximum Gasteiger partial charge on any atom is 0.0117 e. The van der Waals surface area contributed by atoms with Crippen LogP contribution in [0.25, 0.3) is 0 Å². The smallest absolute Gasteiger partial charge is 0.0117 e. The molecule has 18 heavy (non-hydrogen) atoms. The summed E-state index contributed by atoms with van der Waals surface area (Å²) in [4.78, 5) is 2.70. The van der Waals surface area contributed by atoms with E-state index in [1.165, 1.54) is 51.6 Å². The molecule has 0 aromatic heterocycles. The number of allylic oxidation sites excluding steroid dienone is 1. The molecule has 1 heterocycles. The number of hydrogen-bond acceptors (Lipinski definition) is 2. The van der Waals surface area contributed by atoms with Crippen molar-refractivity contribution in [2.75, 3.05) is 20.1 Å². The van der Waals surface area contributed by atoms with Gasteiger partial charge < -0.3 is 5.32 Å². The van der Waals surface area contributed by atoms with Gasteiger partial charge in [-0.2, -0.15) is 0 Å². The minimum Gasteiger partial charge on any atom is -0.317 e. The Bertz CT molecular complexity index is 285. The third kappa shape index (κ3) is 3.36. The van der Waals surface area contributed by atoms with Crippen molar-refractivity contribution in [3.8, 4) is 0 Å². The van der Waals surface area contributed by atoms with Crippen LogP contribution < -0.4 is 5.32 Å². The van der Waals surface area contributed by atoms with Crippen molar-refractivity contribution in [2.45, 2.75) is 64.5 Å². The van der Waals surface area contributed by atoms with E-state index in [1.54, 1.807) is 5.57 Å². The Hall–Kier alpha value is -0.340. The summed E-state index contributed by atoms with van der Waals surface area (Å²) in [5, 5.41) is 3.47. The molecule has 0 saturated carbocycles. The molecule has 2 aliphatic rings. The molecule has 2 nitrogen and oxygen atoms in total. The Balaban J connectivity index is 1.81. The lowest BCUT2D eigenvalue weighted by Crippen LogP contribution is -2.52. The monoisotopic (exact) mass is 250 g/mol. The number of hydrogen-bond donors (Lipinski definition) is 1. The number of nitrogens with zero attached hydrogens (tertiary/aromatic N) is 1. The van der Waals surface area contributed by atoms with Crippen LogP contribution in [0.1, 0.15) is 52.4 Å². The highest BCUT2D eigenvalue weighted by atomic mass is 15.2. The molecule has 0 aromatic rings. The van der Waals surface area contributed by atoms with Crippen LogP contribution >= 0.6 is 0 Å². The van der Waals surface area contributed by atoms with Gasteiger partial charge in [-0.1, -0.05) is 18.6 Å². The molecule has 2 heteroatoms. The van der Waals surface area contributed by atoms with Gasteiger partial charge in [0.15, 0.2) is 0 Å². The van der Waals surface area contributed by atoms with Crippen LogP contribution in [-0.2, 0) is 0 Å². The van der Waals surface area contributed by atoms with Crippen LogP contribution in [0.4, 0.5) is 0 Å². The Labute approximate surface area is 113 Å². The van der Waals surface area contributed by atoms with Crippen molar-refractivity contribution in [1.82, 2.24) is 10.2 Å². The number of rotatable bonds is 4. The summed E-state index contributed by atoms with van der Waals surface area (Å²) in [5.74, 6) is 0.768. The SMILES string of the molecule is CNC1CCN(CCC2=CCCCC2)C(C)C1C. The quantitative estimate of drug-likeness (QED) is 0.771. The van der Waals surface area contributed by atoms with E-state index >= 15 is 0 Å². The molecular formula is C16H30N2. The highest BCUT2D eigenvalue weighted by molar-refractivity contribution is 5.05. The van der Waals surface area contributed by atoms with Crippen LogP contribution in [0.3, 0.4) is 0 Å².